The molecule has 1 aliphatic heterocycles. The van der Waals surface area contributed by atoms with Gasteiger partial charge >= 0.3 is 0 Å². The molecule has 1 fully saturated rings. The van der Waals surface area contributed by atoms with Crippen LogP contribution >= 0.6 is 0 Å². The predicted molar refractivity (Wildman–Crippen MR) is 323 cm³/mol. The molecule has 1 saturated heterocycles. The van der Waals surface area contributed by atoms with Gasteiger partial charge in [0.1, 0.15) is 137 Å². The number of methoxy groups -OCH3 is 1. The van der Waals surface area contributed by atoms with Gasteiger partial charge in [-0.25, -0.2) is 23.4 Å². The molecule has 5 atom stereocenters. The van der Waals surface area contributed by atoms with E-state index in [0.29, 0.717) is 105 Å². The summed E-state index contributed by atoms with van der Waals surface area (Å²) in [5.74, 6) is 2.79. The zero-order chi connectivity index (χ0) is 67.3. The largest absolute Gasteiger partial charge is 0.394 e. The number of quaternary nitrogens is 2. The van der Waals surface area contributed by atoms with Crippen LogP contribution in [0.15, 0.2) is 89.7 Å². The number of nitrogens with zero attached hydrogens (tertiary/aromatic N) is 23. The molecule has 36 heteroatoms. The van der Waals surface area contributed by atoms with E-state index in [1.165, 1.54) is 29.0 Å². The normalized spacial score (nSPS) is 15.9. The Morgan fingerprint density at radius 1 is 0.548 bits per heavy atom. The Labute approximate surface area is 533 Å². The third kappa shape index (κ3) is 25.5. The van der Waals surface area contributed by atoms with Crippen LogP contribution in [-0.2, 0) is 121 Å². The molecule has 4 N–H and O–H groups in total. The van der Waals surface area contributed by atoms with E-state index in [0.717, 1.165) is 59.5 Å². The van der Waals surface area contributed by atoms with Crippen LogP contribution in [0.1, 0.15) is 50.7 Å². The van der Waals surface area contributed by atoms with E-state index in [9.17, 15) is 39.3 Å². The van der Waals surface area contributed by atoms with Crippen LogP contribution in [-0.4, -0.2) is 226 Å². The van der Waals surface area contributed by atoms with Crippen LogP contribution in [0.4, 0.5) is 0 Å². The van der Waals surface area contributed by atoms with Gasteiger partial charge in [0.05, 0.1) is 96.7 Å². The fourth-order valence-corrected chi connectivity index (χ4v) is 9.48. The Balaban J connectivity index is 0.000000246. The van der Waals surface area contributed by atoms with Gasteiger partial charge in [-0.3, -0.25) is 4.48 Å². The topological polar surface area (TPSA) is 454 Å². The van der Waals surface area contributed by atoms with E-state index >= 15 is 0 Å². The molecular formula is C57H77N23O13+2. The lowest BCUT2D eigenvalue weighted by atomic mass is 9.99. The van der Waals surface area contributed by atoms with E-state index in [1.807, 2.05) is 13.8 Å². The molecule has 496 valence electrons. The van der Waals surface area contributed by atoms with E-state index < -0.39 is 37.3 Å². The third-order valence-electron chi connectivity index (χ3n) is 13.6. The summed E-state index contributed by atoms with van der Waals surface area (Å²) >= 11 is 0. The van der Waals surface area contributed by atoms with Gasteiger partial charge in [0.2, 0.25) is 0 Å². The second-order valence-electron chi connectivity index (χ2n) is 21.2. The number of aldehydes is 5. The quantitative estimate of drug-likeness (QED) is 0.00779. The van der Waals surface area contributed by atoms with Crippen molar-refractivity contribution in [3.05, 3.63) is 151 Å². The fourth-order valence-electron chi connectivity index (χ4n) is 9.48. The SMILES string of the molecule is C#CC[N+](Cc1ccc(C)cc1)(Cc1cn(CC=O)nn1)Cc1cn(CC=O)nn1.COCCOCCN=[N+]=[N-].Cc1ccc(C[N+](Cc2cn(CC=O)nn2)(Cc2cn(CC=O)nn2)Cc2cn(CC=O)nn2)cc1.[N-]=[N+]=NCCOC1OC(CO)C(O)C(O)C1O. The summed E-state index contributed by atoms with van der Waals surface area (Å²) in [4.78, 5) is 59.5. The highest BCUT2D eigenvalue weighted by Gasteiger charge is 2.44. The molecule has 0 saturated carbocycles. The Morgan fingerprint density at radius 2 is 0.914 bits per heavy atom. The number of aliphatic hydroxyl groups excluding tert-OH is 4. The summed E-state index contributed by atoms with van der Waals surface area (Å²) in [5, 5.41) is 85.3. The molecule has 1 aliphatic rings. The minimum Gasteiger partial charge on any atom is -0.394 e. The standard InChI is InChI=1S/C23H27N10O3.C21H24N7O2.C8H15N3O6.C5H11N3O2/c1-19-2-4-20(5-3-19)15-33(16-21-12-30(6-9-34)27-24-21,17-22-13-31(7-10-35)28-25-22)18-23-14-32(8-11-36)29-26-23;1-3-10-28(15-19-6-4-18(2)5-7-19,16-20-13-26(8-11-29)24-22-20)17-21-14-27(9-12-30)25-23-21;9-11-10-1-2-16-8-7(15)6(14)5(13)4(3-12)17-8;1-9-4-5-10-3-2-7-8-6/h2-5,9-14H,6-8,15-18H2,1H3;1,4-7,11-14H,8-10,15-17H2,2H3;4-8,12-15H,1-3H2;2-5H2,1H3/q2*+1;;. The lowest BCUT2D eigenvalue weighted by Gasteiger charge is -2.39. The summed E-state index contributed by atoms with van der Waals surface area (Å²) in [6.07, 6.45) is 11.9. The molecule has 93 heavy (non-hydrogen) atoms. The monoisotopic (exact) mass is 1290 g/mol. The van der Waals surface area contributed by atoms with Gasteiger partial charge in [-0.1, -0.05) is 96.0 Å². The van der Waals surface area contributed by atoms with Gasteiger partial charge in [-0.05, 0) is 30.8 Å². The number of terminal acetylenes is 1. The van der Waals surface area contributed by atoms with Gasteiger partial charge in [0.15, 0.2) is 6.29 Å². The number of carbonyl (C=O) groups is 5. The Kier molecular flexibility index (Phi) is 32.0. The highest BCUT2D eigenvalue weighted by molar-refractivity contribution is 5.50. The summed E-state index contributed by atoms with van der Waals surface area (Å²) in [6, 6.07) is 16.6. The minimum absolute atomic E-state index is 0.00719. The van der Waals surface area contributed by atoms with Gasteiger partial charge < -0.3 is 67.8 Å². The first-order valence-electron chi connectivity index (χ1n) is 29.0. The maximum absolute atomic E-state index is 11.0. The van der Waals surface area contributed by atoms with Crippen molar-refractivity contribution in [1.82, 2.24) is 75.0 Å². The summed E-state index contributed by atoms with van der Waals surface area (Å²) in [7, 11) is 1.61. The molecule has 5 unspecified atom stereocenters. The maximum Gasteiger partial charge on any atom is 0.186 e. The first kappa shape index (κ1) is 74.0. The highest BCUT2D eigenvalue weighted by atomic mass is 16.7. The zero-order valence-corrected chi connectivity index (χ0v) is 51.7. The molecular weight excluding hydrogens is 1210 g/mol. The van der Waals surface area contributed by atoms with Crippen LogP contribution < -0.4 is 0 Å². The fraction of sp³-hybridized carbons (Fsp3) is 0.491. The second-order valence-corrected chi connectivity index (χ2v) is 21.2. The van der Waals surface area contributed by atoms with Crippen LogP contribution in [0, 0.1) is 26.2 Å². The Morgan fingerprint density at radius 3 is 1.26 bits per heavy atom. The van der Waals surface area contributed by atoms with Crippen molar-refractivity contribution >= 4 is 31.4 Å². The van der Waals surface area contributed by atoms with Crippen molar-refractivity contribution in [1.29, 1.82) is 0 Å². The van der Waals surface area contributed by atoms with Crippen LogP contribution in [0.3, 0.4) is 0 Å². The van der Waals surface area contributed by atoms with Crippen molar-refractivity contribution < 1.29 is 72.3 Å². The summed E-state index contributed by atoms with van der Waals surface area (Å²) < 4.78 is 28.1. The first-order chi connectivity index (χ1) is 45.1. The van der Waals surface area contributed by atoms with Gasteiger partial charge in [0, 0.05) is 41.1 Å². The van der Waals surface area contributed by atoms with Crippen LogP contribution in [0.25, 0.3) is 20.9 Å². The van der Waals surface area contributed by atoms with Gasteiger partial charge in [0.25, 0.3) is 0 Å². The van der Waals surface area contributed by atoms with Gasteiger partial charge in [-0.15, -0.1) is 31.9 Å². The number of azide groups is 2. The predicted octanol–water partition coefficient (Wildman–Crippen LogP) is 0.283. The molecule has 8 rings (SSSR count). The smallest absolute Gasteiger partial charge is 0.186 e. The van der Waals surface area contributed by atoms with Crippen molar-refractivity contribution in [2.24, 2.45) is 10.2 Å². The van der Waals surface area contributed by atoms with Gasteiger partial charge in [-0.2, -0.15) is 0 Å². The van der Waals surface area contributed by atoms with Crippen LogP contribution in [0.2, 0.25) is 0 Å². The number of hydrogen-bond acceptors (Lipinski definition) is 25. The Bertz CT molecular complexity index is 3320. The molecule has 0 bridgehead atoms. The van der Waals surface area contributed by atoms with E-state index in [1.54, 1.807) is 38.1 Å². The lowest BCUT2D eigenvalue weighted by molar-refractivity contribution is -0.979. The second kappa shape index (κ2) is 40.2. The number of carbonyl (C=O) groups excluding carboxylic acids is 5. The summed E-state index contributed by atoms with van der Waals surface area (Å²) in [6.45, 7) is 10.3. The number of benzene rings is 2. The Hall–Kier alpha value is -9.73. The van der Waals surface area contributed by atoms with Crippen LogP contribution in [0.5, 0.6) is 0 Å². The van der Waals surface area contributed by atoms with Crippen molar-refractivity contribution in [3.63, 3.8) is 0 Å². The minimum atomic E-state index is -1.47. The number of ether oxygens (including phenoxy) is 4. The zero-order valence-electron chi connectivity index (χ0n) is 51.7. The van der Waals surface area contributed by atoms with Crippen molar-refractivity contribution in [2.75, 3.05) is 59.8 Å². The number of aliphatic hydroxyl groups is 4. The van der Waals surface area contributed by atoms with E-state index in [-0.39, 0.29) is 45.9 Å². The molecule has 2 aromatic carbocycles. The first-order valence-corrected chi connectivity index (χ1v) is 29.0. The molecule has 0 aliphatic carbocycles. The van der Waals surface area contributed by atoms with E-state index in [2.05, 4.69) is 126 Å². The molecule has 5 aromatic heterocycles. The number of aryl methyl sites for hydroxylation is 2. The van der Waals surface area contributed by atoms with Crippen molar-refractivity contribution in [3.8, 4) is 12.3 Å². The average Bonchev–Trinajstić information content (AvgIpc) is 1.65. The molecule has 0 spiro atoms. The van der Waals surface area contributed by atoms with E-state index in [4.69, 9.17) is 41.5 Å². The molecule has 7 aromatic rings. The summed E-state index contributed by atoms with van der Waals surface area (Å²) in [5.41, 5.74) is 24.0. The number of aromatic nitrogens is 15. The highest BCUT2D eigenvalue weighted by Crippen LogP contribution is 2.27. The lowest BCUT2D eigenvalue weighted by Crippen LogP contribution is -2.59. The molecule has 0 radical (unpaired) electrons. The molecule has 36 nitrogen and oxygen atoms in total. The molecule has 0 amide bonds. The third-order valence-corrected chi connectivity index (χ3v) is 13.6. The van der Waals surface area contributed by atoms with Crippen molar-refractivity contribution in [2.45, 2.75) is 123 Å². The average molecular weight is 1290 g/mol. The molecule has 6 heterocycles. The number of hydrogen-bond donors (Lipinski definition) is 4. The maximum atomic E-state index is 11.0. The number of rotatable bonds is 36.